The van der Waals surface area contributed by atoms with Crippen molar-refractivity contribution in [1.29, 1.82) is 0 Å². The summed E-state index contributed by atoms with van der Waals surface area (Å²) >= 11 is 0. The summed E-state index contributed by atoms with van der Waals surface area (Å²) in [6, 6.07) is 2.60. The molecule has 0 unspecified atom stereocenters. The number of methoxy groups -OCH3 is 1. The van der Waals surface area contributed by atoms with Gasteiger partial charge in [-0.15, -0.1) is 0 Å². The van der Waals surface area contributed by atoms with Gasteiger partial charge < -0.3 is 14.7 Å². The number of carboxylic acid groups (broad SMARTS) is 1. The highest BCUT2D eigenvalue weighted by atomic mass is 32.2. The number of carbonyl (C=O) groups excluding carboxylic acids is 1. The van der Waals surface area contributed by atoms with Gasteiger partial charge >= 0.3 is 5.97 Å². The fraction of sp³-hybridized carbons (Fsp3) is 0.500. The van der Waals surface area contributed by atoms with Crippen molar-refractivity contribution in [3.8, 4) is 5.75 Å². The van der Waals surface area contributed by atoms with Gasteiger partial charge in [-0.25, -0.2) is 8.42 Å². The largest absolute Gasteiger partial charge is 0.496 e. The van der Waals surface area contributed by atoms with Gasteiger partial charge in [0.2, 0.25) is 10.0 Å². The highest BCUT2D eigenvalue weighted by Gasteiger charge is 2.26. The molecule has 8 nitrogen and oxygen atoms in total. The summed E-state index contributed by atoms with van der Waals surface area (Å²) in [5, 5.41) is 9.20. The standard InChI is InChI=1S/C16H24N2O6S/c1-5-6-7-13(16(20)21)17-25(22,23)11-8-9-14(24-4)12(10-11)15(19)18(2)3/h8-10,13,17H,5-7H2,1-4H3,(H,20,21)/t13-/m0/s1. The molecule has 0 bridgehead atoms. The molecule has 0 aromatic heterocycles. The van der Waals surface area contributed by atoms with Crippen LogP contribution >= 0.6 is 0 Å². The fourth-order valence-corrected chi connectivity index (χ4v) is 3.41. The number of nitrogens with one attached hydrogen (secondary N) is 1. The van der Waals surface area contributed by atoms with Crippen LogP contribution in [0.5, 0.6) is 5.75 Å². The quantitative estimate of drug-likeness (QED) is 0.676. The van der Waals surface area contributed by atoms with E-state index in [1.807, 2.05) is 6.92 Å². The highest BCUT2D eigenvalue weighted by molar-refractivity contribution is 7.89. The van der Waals surface area contributed by atoms with Gasteiger partial charge in [0, 0.05) is 14.1 Å². The van der Waals surface area contributed by atoms with Crippen LogP contribution in [0.2, 0.25) is 0 Å². The molecule has 0 saturated carbocycles. The van der Waals surface area contributed by atoms with E-state index < -0.39 is 27.9 Å². The first-order valence-corrected chi connectivity index (χ1v) is 9.27. The monoisotopic (exact) mass is 372 g/mol. The molecule has 1 amide bonds. The zero-order chi connectivity index (χ0) is 19.2. The number of nitrogens with zero attached hydrogens (tertiary/aromatic N) is 1. The Morgan fingerprint density at radius 1 is 1.32 bits per heavy atom. The minimum atomic E-state index is -4.10. The molecular weight excluding hydrogens is 348 g/mol. The molecule has 9 heteroatoms. The number of ether oxygens (including phenoxy) is 1. The molecular formula is C16H24N2O6S. The lowest BCUT2D eigenvalue weighted by Crippen LogP contribution is -2.40. The van der Waals surface area contributed by atoms with Crippen molar-refractivity contribution in [1.82, 2.24) is 9.62 Å². The van der Waals surface area contributed by atoms with Gasteiger partial charge in [-0.3, -0.25) is 9.59 Å². The normalized spacial score (nSPS) is 12.5. The van der Waals surface area contributed by atoms with E-state index in [2.05, 4.69) is 4.72 Å². The molecule has 1 aromatic carbocycles. The number of carbonyl (C=O) groups is 2. The minimum absolute atomic E-state index is 0.0795. The number of hydrogen-bond donors (Lipinski definition) is 2. The SMILES string of the molecule is CCCC[C@H](NS(=O)(=O)c1ccc(OC)c(C(=O)N(C)C)c1)C(=O)O. The van der Waals surface area contributed by atoms with E-state index in [9.17, 15) is 23.1 Å². The van der Waals surface area contributed by atoms with Gasteiger partial charge in [0.05, 0.1) is 17.6 Å². The maximum absolute atomic E-state index is 12.5. The third-order valence-corrected chi connectivity index (χ3v) is 5.03. The molecule has 0 radical (unpaired) electrons. The van der Waals surface area contributed by atoms with E-state index in [1.165, 1.54) is 44.3 Å². The lowest BCUT2D eigenvalue weighted by molar-refractivity contribution is -0.139. The van der Waals surface area contributed by atoms with Crippen LogP contribution in [0.4, 0.5) is 0 Å². The van der Waals surface area contributed by atoms with Crippen LogP contribution in [0.25, 0.3) is 0 Å². The lowest BCUT2D eigenvalue weighted by atomic mass is 10.1. The van der Waals surface area contributed by atoms with Crippen molar-refractivity contribution in [2.45, 2.75) is 37.1 Å². The summed E-state index contributed by atoms with van der Waals surface area (Å²) in [4.78, 5) is 24.6. The molecule has 0 fully saturated rings. The Morgan fingerprint density at radius 3 is 2.44 bits per heavy atom. The zero-order valence-electron chi connectivity index (χ0n) is 14.8. The van der Waals surface area contributed by atoms with Crippen molar-refractivity contribution in [3.05, 3.63) is 23.8 Å². The van der Waals surface area contributed by atoms with Gasteiger partial charge in [-0.05, 0) is 24.6 Å². The summed E-state index contributed by atoms with van der Waals surface area (Å²) in [6.07, 6.45) is 1.51. The topological polar surface area (TPSA) is 113 Å². The van der Waals surface area contributed by atoms with Crippen LogP contribution < -0.4 is 9.46 Å². The molecule has 140 valence electrons. The van der Waals surface area contributed by atoms with Crippen molar-refractivity contribution in [3.63, 3.8) is 0 Å². The number of sulfonamides is 1. The van der Waals surface area contributed by atoms with E-state index in [-0.39, 0.29) is 22.6 Å². The minimum Gasteiger partial charge on any atom is -0.496 e. The van der Waals surface area contributed by atoms with Crippen LogP contribution in [-0.4, -0.2) is 57.5 Å². The molecule has 1 atom stereocenters. The first kappa shape index (κ1) is 20.9. The summed E-state index contributed by atoms with van der Waals surface area (Å²) < 4.78 is 32.3. The molecule has 0 heterocycles. The van der Waals surface area contributed by atoms with Gasteiger partial charge in [-0.1, -0.05) is 19.8 Å². The first-order valence-electron chi connectivity index (χ1n) is 7.78. The smallest absolute Gasteiger partial charge is 0.321 e. The summed E-state index contributed by atoms with van der Waals surface area (Å²) in [5.74, 6) is -1.43. The van der Waals surface area contributed by atoms with E-state index in [0.717, 1.165) is 6.42 Å². The molecule has 0 spiro atoms. The second kappa shape index (κ2) is 8.82. The predicted molar refractivity (Wildman–Crippen MR) is 92.3 cm³/mol. The average molecular weight is 372 g/mol. The highest BCUT2D eigenvalue weighted by Crippen LogP contribution is 2.24. The Morgan fingerprint density at radius 2 is 1.96 bits per heavy atom. The van der Waals surface area contributed by atoms with Crippen molar-refractivity contribution in [2.75, 3.05) is 21.2 Å². The second-order valence-electron chi connectivity index (χ2n) is 5.72. The molecule has 2 N–H and O–H groups in total. The third-order valence-electron chi connectivity index (χ3n) is 3.56. The molecule has 1 rings (SSSR count). The number of unbranched alkanes of at least 4 members (excludes halogenated alkanes) is 1. The molecule has 0 aliphatic heterocycles. The molecule has 0 saturated heterocycles. The van der Waals surface area contributed by atoms with Crippen molar-refractivity contribution < 1.29 is 27.9 Å². The Balaban J connectivity index is 3.22. The first-order chi connectivity index (χ1) is 11.6. The van der Waals surface area contributed by atoms with Crippen LogP contribution in [0, 0.1) is 0 Å². The lowest BCUT2D eigenvalue weighted by Gasteiger charge is -2.17. The van der Waals surface area contributed by atoms with E-state index in [1.54, 1.807) is 0 Å². The Labute approximate surface area is 147 Å². The Kier molecular flexibility index (Phi) is 7.38. The Hall–Kier alpha value is -2.13. The van der Waals surface area contributed by atoms with Gasteiger partial charge in [-0.2, -0.15) is 4.72 Å². The van der Waals surface area contributed by atoms with Crippen molar-refractivity contribution in [2.24, 2.45) is 0 Å². The number of benzene rings is 1. The number of hydrogen-bond acceptors (Lipinski definition) is 5. The number of amides is 1. The zero-order valence-corrected chi connectivity index (χ0v) is 15.6. The average Bonchev–Trinajstić information content (AvgIpc) is 2.56. The Bertz CT molecular complexity index is 730. The number of carboxylic acids is 1. The summed E-state index contributed by atoms with van der Waals surface area (Å²) in [6.45, 7) is 1.88. The van der Waals surface area contributed by atoms with E-state index in [0.29, 0.717) is 6.42 Å². The van der Waals surface area contributed by atoms with Crippen LogP contribution in [0.1, 0.15) is 36.5 Å². The van der Waals surface area contributed by atoms with E-state index >= 15 is 0 Å². The van der Waals surface area contributed by atoms with Crippen LogP contribution in [0.3, 0.4) is 0 Å². The van der Waals surface area contributed by atoms with Gasteiger partial charge in [0.25, 0.3) is 5.91 Å². The van der Waals surface area contributed by atoms with Crippen molar-refractivity contribution >= 4 is 21.9 Å². The van der Waals surface area contributed by atoms with E-state index in [4.69, 9.17) is 4.74 Å². The second-order valence-corrected chi connectivity index (χ2v) is 7.43. The maximum Gasteiger partial charge on any atom is 0.321 e. The van der Waals surface area contributed by atoms with Crippen LogP contribution in [-0.2, 0) is 14.8 Å². The predicted octanol–water partition coefficient (Wildman–Crippen LogP) is 1.32. The number of aliphatic carboxylic acids is 1. The van der Waals surface area contributed by atoms with Gasteiger partial charge in [0.15, 0.2) is 0 Å². The molecule has 1 aromatic rings. The third kappa shape index (κ3) is 5.43. The molecule has 25 heavy (non-hydrogen) atoms. The maximum atomic E-state index is 12.5. The summed E-state index contributed by atoms with van der Waals surface area (Å²) in [5.41, 5.74) is 0.0795. The number of rotatable bonds is 9. The summed E-state index contributed by atoms with van der Waals surface area (Å²) in [7, 11) is 0.344. The fourth-order valence-electron chi connectivity index (χ4n) is 2.16. The van der Waals surface area contributed by atoms with Gasteiger partial charge in [0.1, 0.15) is 11.8 Å². The molecule has 0 aliphatic carbocycles. The van der Waals surface area contributed by atoms with Crippen LogP contribution in [0.15, 0.2) is 23.1 Å². The molecule has 0 aliphatic rings.